The number of likely N-dealkylation sites (N-methyl/N-ethyl adjacent to an activating group) is 1. The molecule has 1 N–H and O–H groups in total. The largest absolute Gasteiger partial charge is 0.315 e. The predicted octanol–water partition coefficient (Wildman–Crippen LogP) is 0.288. The minimum absolute atomic E-state index is 0. The van der Waals surface area contributed by atoms with Crippen LogP contribution in [0.1, 0.15) is 20.3 Å². The third-order valence-corrected chi connectivity index (χ3v) is 5.14. The molecule has 1 aliphatic rings. The van der Waals surface area contributed by atoms with Crippen LogP contribution in [0.15, 0.2) is 0 Å². The predicted molar refractivity (Wildman–Crippen MR) is 68.1 cm³/mol. The summed E-state index contributed by atoms with van der Waals surface area (Å²) in [5.74, 6) is 0. The van der Waals surface area contributed by atoms with Crippen molar-refractivity contribution in [3.63, 3.8) is 0 Å². The highest BCUT2D eigenvalue weighted by Crippen LogP contribution is 2.14. The summed E-state index contributed by atoms with van der Waals surface area (Å²) in [6.07, 6.45) is 0.900. The first-order valence-corrected chi connectivity index (χ1v) is 6.87. The van der Waals surface area contributed by atoms with E-state index in [1.807, 2.05) is 13.8 Å². The molecule has 0 spiro atoms. The van der Waals surface area contributed by atoms with Gasteiger partial charge in [0.25, 0.3) is 10.2 Å². The highest BCUT2D eigenvalue weighted by molar-refractivity contribution is 7.86. The molecule has 0 aliphatic carbocycles. The van der Waals surface area contributed by atoms with E-state index in [1.54, 1.807) is 7.05 Å². The monoisotopic (exact) mass is 271 g/mol. The zero-order chi connectivity index (χ0) is 11.5. The molecule has 1 heterocycles. The zero-order valence-corrected chi connectivity index (χ0v) is 11.8. The van der Waals surface area contributed by atoms with E-state index in [9.17, 15) is 8.42 Å². The lowest BCUT2D eigenvalue weighted by Gasteiger charge is -2.29. The Morgan fingerprint density at radius 3 is 2.25 bits per heavy atom. The van der Waals surface area contributed by atoms with E-state index in [0.717, 1.165) is 19.5 Å². The zero-order valence-electron chi connectivity index (χ0n) is 10.1. The van der Waals surface area contributed by atoms with E-state index in [2.05, 4.69) is 5.32 Å². The Morgan fingerprint density at radius 2 is 1.88 bits per heavy atom. The molecule has 0 saturated carbocycles. The minimum atomic E-state index is -3.26. The first kappa shape index (κ1) is 16.1. The molecule has 1 saturated heterocycles. The van der Waals surface area contributed by atoms with Crippen LogP contribution >= 0.6 is 12.4 Å². The van der Waals surface area contributed by atoms with Crippen LogP contribution in [0.2, 0.25) is 0 Å². The van der Waals surface area contributed by atoms with Gasteiger partial charge in [-0.05, 0) is 13.0 Å². The van der Waals surface area contributed by atoms with Gasteiger partial charge in [0.1, 0.15) is 0 Å². The second-order valence-electron chi connectivity index (χ2n) is 3.75. The van der Waals surface area contributed by atoms with Crippen molar-refractivity contribution >= 4 is 22.6 Å². The molecule has 16 heavy (non-hydrogen) atoms. The van der Waals surface area contributed by atoms with Crippen molar-refractivity contribution in [1.82, 2.24) is 13.9 Å². The Labute approximate surface area is 105 Å². The second kappa shape index (κ2) is 6.76. The molecule has 0 aromatic heterocycles. The lowest BCUT2D eigenvalue weighted by atomic mass is 10.3. The fourth-order valence-corrected chi connectivity index (χ4v) is 3.44. The Hall–Kier alpha value is 0.120. The lowest BCUT2D eigenvalue weighted by Crippen LogP contribution is -2.47. The number of hydrogen-bond acceptors (Lipinski definition) is 3. The van der Waals surface area contributed by atoms with E-state index in [4.69, 9.17) is 0 Å². The Morgan fingerprint density at radius 1 is 1.31 bits per heavy atom. The molecule has 0 aromatic rings. The minimum Gasteiger partial charge on any atom is -0.315 e. The summed E-state index contributed by atoms with van der Waals surface area (Å²) in [7, 11) is -1.59. The number of nitrogens with zero attached hydrogens (tertiary/aromatic N) is 2. The smallest absolute Gasteiger partial charge is 0.282 e. The first-order valence-electron chi connectivity index (χ1n) is 5.47. The quantitative estimate of drug-likeness (QED) is 0.782. The van der Waals surface area contributed by atoms with Crippen molar-refractivity contribution < 1.29 is 8.42 Å². The summed E-state index contributed by atoms with van der Waals surface area (Å²) in [6.45, 7) is 6.45. The van der Waals surface area contributed by atoms with Gasteiger partial charge in [-0.3, -0.25) is 0 Å². The molecule has 1 unspecified atom stereocenters. The van der Waals surface area contributed by atoms with E-state index in [-0.39, 0.29) is 18.4 Å². The summed E-state index contributed by atoms with van der Waals surface area (Å²) in [5.41, 5.74) is 0. The van der Waals surface area contributed by atoms with E-state index in [0.29, 0.717) is 13.1 Å². The number of rotatable bonds is 5. The molecule has 0 amide bonds. The molecule has 98 valence electrons. The molecule has 5 nitrogen and oxygen atoms in total. The second-order valence-corrected chi connectivity index (χ2v) is 5.74. The highest BCUT2D eigenvalue weighted by atomic mass is 35.5. The van der Waals surface area contributed by atoms with Crippen molar-refractivity contribution in [3.8, 4) is 0 Å². The molecule has 1 atom stereocenters. The van der Waals surface area contributed by atoms with Gasteiger partial charge < -0.3 is 5.32 Å². The Bertz CT molecular complexity index is 287. The summed E-state index contributed by atoms with van der Waals surface area (Å²) < 4.78 is 27.2. The van der Waals surface area contributed by atoms with Crippen LogP contribution < -0.4 is 5.32 Å². The van der Waals surface area contributed by atoms with Gasteiger partial charge >= 0.3 is 0 Å². The normalized spacial score (nSPS) is 21.4. The van der Waals surface area contributed by atoms with Gasteiger partial charge in [0, 0.05) is 32.7 Å². The van der Waals surface area contributed by atoms with Crippen LogP contribution in [-0.2, 0) is 10.2 Å². The maximum Gasteiger partial charge on any atom is 0.282 e. The maximum absolute atomic E-state index is 12.1. The fraction of sp³-hybridized carbons (Fsp3) is 1.00. The van der Waals surface area contributed by atoms with Gasteiger partial charge in [-0.25, -0.2) is 0 Å². The highest BCUT2D eigenvalue weighted by Gasteiger charge is 2.31. The van der Waals surface area contributed by atoms with Gasteiger partial charge in [0.2, 0.25) is 0 Å². The van der Waals surface area contributed by atoms with Crippen LogP contribution in [0, 0.1) is 0 Å². The summed E-state index contributed by atoms with van der Waals surface area (Å²) >= 11 is 0. The third kappa shape index (κ3) is 3.30. The Balaban J connectivity index is 0.00000225. The van der Waals surface area contributed by atoms with Crippen molar-refractivity contribution in [2.45, 2.75) is 26.3 Å². The van der Waals surface area contributed by atoms with Gasteiger partial charge in [-0.2, -0.15) is 17.0 Å². The van der Waals surface area contributed by atoms with E-state index < -0.39 is 10.2 Å². The van der Waals surface area contributed by atoms with Crippen LogP contribution in [0.4, 0.5) is 0 Å². The fourth-order valence-electron chi connectivity index (χ4n) is 1.87. The van der Waals surface area contributed by atoms with Gasteiger partial charge in [-0.15, -0.1) is 12.4 Å². The first-order chi connectivity index (χ1) is 7.04. The van der Waals surface area contributed by atoms with Gasteiger partial charge in [-0.1, -0.05) is 13.8 Å². The molecule has 1 fully saturated rings. The van der Waals surface area contributed by atoms with E-state index in [1.165, 1.54) is 8.61 Å². The molecular formula is C9H22ClN3O2S. The average Bonchev–Trinajstić information content (AvgIpc) is 2.70. The topological polar surface area (TPSA) is 52.7 Å². The third-order valence-electron chi connectivity index (χ3n) is 2.94. The van der Waals surface area contributed by atoms with Crippen molar-refractivity contribution in [2.24, 2.45) is 0 Å². The van der Waals surface area contributed by atoms with Gasteiger partial charge in [0.05, 0.1) is 0 Å². The van der Waals surface area contributed by atoms with Crippen LogP contribution in [-0.4, -0.2) is 56.3 Å². The van der Waals surface area contributed by atoms with Crippen LogP contribution in [0.5, 0.6) is 0 Å². The number of halogens is 1. The lowest BCUT2D eigenvalue weighted by molar-refractivity contribution is 0.335. The average molecular weight is 272 g/mol. The van der Waals surface area contributed by atoms with Crippen molar-refractivity contribution in [2.75, 3.05) is 33.2 Å². The molecule has 1 aliphatic heterocycles. The molecular weight excluding hydrogens is 250 g/mol. The summed E-state index contributed by atoms with van der Waals surface area (Å²) in [5, 5.41) is 3.18. The molecule has 7 heteroatoms. The molecule has 1 rings (SSSR count). The maximum atomic E-state index is 12.1. The standard InChI is InChI=1S/C9H21N3O2S.ClH/c1-4-12(5-2)15(13,14)11(3)9-6-7-10-8-9;/h9-10H,4-8H2,1-3H3;1H. The molecule has 0 bridgehead atoms. The number of nitrogens with one attached hydrogen (secondary N) is 1. The van der Waals surface area contributed by atoms with Crippen molar-refractivity contribution in [1.29, 1.82) is 0 Å². The van der Waals surface area contributed by atoms with Crippen molar-refractivity contribution in [3.05, 3.63) is 0 Å². The molecule has 0 aromatic carbocycles. The SMILES string of the molecule is CCN(CC)S(=O)(=O)N(C)C1CCNC1.Cl. The van der Waals surface area contributed by atoms with Crippen LogP contribution in [0.25, 0.3) is 0 Å². The number of hydrogen-bond donors (Lipinski definition) is 1. The molecule has 0 radical (unpaired) electrons. The summed E-state index contributed by atoms with van der Waals surface area (Å²) in [6, 6.07) is 0.107. The Kier molecular flexibility index (Phi) is 6.81. The summed E-state index contributed by atoms with van der Waals surface area (Å²) in [4.78, 5) is 0. The van der Waals surface area contributed by atoms with E-state index >= 15 is 0 Å². The van der Waals surface area contributed by atoms with Gasteiger partial charge in [0.15, 0.2) is 0 Å². The van der Waals surface area contributed by atoms with Crippen LogP contribution in [0.3, 0.4) is 0 Å².